The number of hydrogen-bond acceptors (Lipinski definition) is 2. The summed E-state index contributed by atoms with van der Waals surface area (Å²) in [5, 5.41) is 9.47. The molecule has 0 aromatic heterocycles. The van der Waals surface area contributed by atoms with Gasteiger partial charge in [-0.05, 0) is 38.5 Å². The molecule has 0 aromatic rings. The highest BCUT2D eigenvalue weighted by atomic mass is 16.3. The lowest BCUT2D eigenvalue weighted by atomic mass is 9.87. The van der Waals surface area contributed by atoms with Crippen LogP contribution in [-0.2, 0) is 4.79 Å². The van der Waals surface area contributed by atoms with Gasteiger partial charge in [-0.15, -0.1) is 0 Å². The predicted molar refractivity (Wildman–Crippen MR) is 74.2 cm³/mol. The summed E-state index contributed by atoms with van der Waals surface area (Å²) >= 11 is 0. The van der Waals surface area contributed by atoms with Crippen LogP contribution in [0.1, 0.15) is 53.9 Å². The average molecular weight is 253 g/mol. The highest BCUT2D eigenvalue weighted by Crippen LogP contribution is 2.26. The highest BCUT2D eigenvalue weighted by Gasteiger charge is 2.29. The summed E-state index contributed by atoms with van der Waals surface area (Å²) in [4.78, 5) is 14.2. The van der Waals surface area contributed by atoms with Gasteiger partial charge in [0.1, 0.15) is 0 Å². The molecule has 0 aromatic carbocycles. The van der Waals surface area contributed by atoms with E-state index >= 15 is 0 Å². The third kappa shape index (κ3) is 4.13. The van der Waals surface area contributed by atoms with E-state index in [9.17, 15) is 9.90 Å². The molecule has 1 N–H and O–H groups in total. The van der Waals surface area contributed by atoms with Gasteiger partial charge in [-0.1, -0.05) is 26.3 Å². The maximum atomic E-state index is 12.3. The monoisotopic (exact) mass is 253 g/mol. The fourth-order valence-corrected chi connectivity index (χ4v) is 2.25. The van der Waals surface area contributed by atoms with Crippen molar-refractivity contribution in [2.24, 2.45) is 5.41 Å². The maximum Gasteiger partial charge on any atom is 0.246 e. The van der Waals surface area contributed by atoms with Crippen molar-refractivity contribution in [3.63, 3.8) is 0 Å². The molecule has 0 bridgehead atoms. The molecule has 1 amide bonds. The van der Waals surface area contributed by atoms with Crippen LogP contribution < -0.4 is 0 Å². The second kappa shape index (κ2) is 5.87. The molecule has 0 saturated carbocycles. The molecule has 3 nitrogen and oxygen atoms in total. The van der Waals surface area contributed by atoms with Crippen LogP contribution in [0, 0.1) is 5.41 Å². The lowest BCUT2D eigenvalue weighted by Gasteiger charge is -2.26. The van der Waals surface area contributed by atoms with Crippen LogP contribution in [0.3, 0.4) is 0 Å². The second-order valence-electron chi connectivity index (χ2n) is 6.49. The number of likely N-dealkylation sites (tertiary alicyclic amines) is 1. The molecule has 0 spiro atoms. The van der Waals surface area contributed by atoms with Crippen LogP contribution in [-0.4, -0.2) is 34.6 Å². The van der Waals surface area contributed by atoms with Gasteiger partial charge in [-0.3, -0.25) is 4.79 Å². The molecular formula is C15H27NO2. The van der Waals surface area contributed by atoms with Crippen molar-refractivity contribution in [3.05, 3.63) is 11.6 Å². The predicted octanol–water partition coefficient (Wildman–Crippen LogP) is 2.74. The summed E-state index contributed by atoms with van der Waals surface area (Å²) in [6, 6.07) is 0.210. The van der Waals surface area contributed by atoms with Gasteiger partial charge < -0.3 is 10.0 Å². The Morgan fingerprint density at radius 2 is 2.11 bits per heavy atom. The van der Waals surface area contributed by atoms with Gasteiger partial charge in [0.05, 0.1) is 6.10 Å². The molecular weight excluding hydrogens is 226 g/mol. The zero-order chi connectivity index (χ0) is 13.9. The zero-order valence-electron chi connectivity index (χ0n) is 12.4. The van der Waals surface area contributed by atoms with E-state index in [1.54, 1.807) is 13.0 Å². The van der Waals surface area contributed by atoms with Gasteiger partial charge in [0, 0.05) is 18.7 Å². The Labute approximate surface area is 111 Å². The van der Waals surface area contributed by atoms with E-state index in [0.29, 0.717) is 6.42 Å². The Morgan fingerprint density at radius 1 is 1.50 bits per heavy atom. The lowest BCUT2D eigenvalue weighted by Crippen LogP contribution is -2.36. The number of carbonyl (C=O) groups is 1. The maximum absolute atomic E-state index is 12.3. The number of amides is 1. The minimum absolute atomic E-state index is 0.0369. The first kappa shape index (κ1) is 15.2. The largest absolute Gasteiger partial charge is 0.393 e. The second-order valence-corrected chi connectivity index (χ2v) is 6.49. The van der Waals surface area contributed by atoms with Crippen molar-refractivity contribution in [1.29, 1.82) is 0 Å². The van der Waals surface area contributed by atoms with Crippen LogP contribution in [0.5, 0.6) is 0 Å². The van der Waals surface area contributed by atoms with Crippen LogP contribution in [0.15, 0.2) is 11.6 Å². The molecule has 3 heteroatoms. The van der Waals surface area contributed by atoms with Crippen molar-refractivity contribution >= 4 is 5.91 Å². The van der Waals surface area contributed by atoms with Crippen LogP contribution >= 0.6 is 0 Å². The number of aliphatic hydroxyl groups is 1. The summed E-state index contributed by atoms with van der Waals surface area (Å²) in [6.07, 6.45) is 4.18. The van der Waals surface area contributed by atoms with Crippen LogP contribution in [0.4, 0.5) is 0 Å². The molecule has 1 aliphatic rings. The van der Waals surface area contributed by atoms with Gasteiger partial charge in [0.2, 0.25) is 5.91 Å². The van der Waals surface area contributed by atoms with Crippen molar-refractivity contribution in [1.82, 2.24) is 4.90 Å². The van der Waals surface area contributed by atoms with Gasteiger partial charge >= 0.3 is 0 Å². The van der Waals surface area contributed by atoms with Crippen molar-refractivity contribution in [3.8, 4) is 0 Å². The minimum Gasteiger partial charge on any atom is -0.393 e. The molecule has 18 heavy (non-hydrogen) atoms. The SMILES string of the molecule is C/C(=C/C(=O)N1CCCC1CC(C)O)C(C)(C)C. The first-order valence-electron chi connectivity index (χ1n) is 6.89. The third-order valence-corrected chi connectivity index (χ3v) is 3.80. The number of rotatable bonds is 3. The molecule has 1 heterocycles. The van der Waals surface area contributed by atoms with Crippen molar-refractivity contribution in [2.75, 3.05) is 6.54 Å². The van der Waals surface area contributed by atoms with E-state index in [-0.39, 0.29) is 23.5 Å². The average Bonchev–Trinajstić information content (AvgIpc) is 2.63. The standard InChI is InChI=1S/C15H27NO2/c1-11(15(3,4)5)9-14(18)16-8-6-7-13(16)10-12(2)17/h9,12-13,17H,6-8,10H2,1-5H3/b11-9-. The zero-order valence-corrected chi connectivity index (χ0v) is 12.4. The van der Waals surface area contributed by atoms with Gasteiger partial charge in [0.15, 0.2) is 0 Å². The lowest BCUT2D eigenvalue weighted by molar-refractivity contribution is -0.127. The molecule has 0 radical (unpaired) electrons. The first-order chi connectivity index (χ1) is 8.21. The Balaban J connectivity index is 2.72. The molecule has 1 aliphatic heterocycles. The van der Waals surface area contributed by atoms with Gasteiger partial charge in [-0.25, -0.2) is 0 Å². The summed E-state index contributed by atoms with van der Waals surface area (Å²) in [5.74, 6) is 0.102. The van der Waals surface area contributed by atoms with E-state index in [2.05, 4.69) is 20.8 Å². The number of nitrogens with zero attached hydrogens (tertiary/aromatic N) is 1. The normalized spacial score (nSPS) is 23.3. The fourth-order valence-electron chi connectivity index (χ4n) is 2.25. The molecule has 2 unspecified atom stereocenters. The summed E-state index contributed by atoms with van der Waals surface area (Å²) in [6.45, 7) is 11.0. The van der Waals surface area contributed by atoms with E-state index in [0.717, 1.165) is 25.0 Å². The third-order valence-electron chi connectivity index (χ3n) is 3.80. The number of carbonyl (C=O) groups excluding carboxylic acids is 1. The van der Waals surface area contributed by atoms with Crippen LogP contribution in [0.25, 0.3) is 0 Å². The Morgan fingerprint density at radius 3 is 2.61 bits per heavy atom. The molecule has 1 fully saturated rings. The van der Waals surface area contributed by atoms with E-state index in [4.69, 9.17) is 0 Å². The van der Waals surface area contributed by atoms with E-state index < -0.39 is 0 Å². The number of hydrogen-bond donors (Lipinski definition) is 1. The topological polar surface area (TPSA) is 40.5 Å². The molecule has 104 valence electrons. The Bertz CT molecular complexity index is 326. The molecule has 1 saturated heterocycles. The quantitative estimate of drug-likeness (QED) is 0.786. The van der Waals surface area contributed by atoms with Crippen molar-refractivity contribution in [2.45, 2.75) is 66.0 Å². The van der Waals surface area contributed by atoms with E-state index in [1.807, 2.05) is 11.8 Å². The van der Waals surface area contributed by atoms with Crippen LogP contribution in [0.2, 0.25) is 0 Å². The summed E-state index contributed by atoms with van der Waals surface area (Å²) in [7, 11) is 0. The highest BCUT2D eigenvalue weighted by molar-refractivity contribution is 5.88. The first-order valence-corrected chi connectivity index (χ1v) is 6.89. The summed E-state index contributed by atoms with van der Waals surface area (Å²) < 4.78 is 0. The smallest absolute Gasteiger partial charge is 0.246 e. The van der Waals surface area contributed by atoms with Crippen molar-refractivity contribution < 1.29 is 9.90 Å². The Hall–Kier alpha value is -0.830. The summed E-state index contributed by atoms with van der Waals surface area (Å²) in [5.41, 5.74) is 1.14. The fraction of sp³-hybridized carbons (Fsp3) is 0.800. The molecule has 1 rings (SSSR count). The van der Waals surface area contributed by atoms with E-state index in [1.165, 1.54) is 0 Å². The minimum atomic E-state index is -0.337. The molecule has 2 atom stereocenters. The number of allylic oxidation sites excluding steroid dienone is 1. The van der Waals surface area contributed by atoms with Gasteiger partial charge in [0.25, 0.3) is 0 Å². The number of aliphatic hydroxyl groups excluding tert-OH is 1. The van der Waals surface area contributed by atoms with Gasteiger partial charge in [-0.2, -0.15) is 0 Å². The Kier molecular flexibility index (Phi) is 4.97. The molecule has 0 aliphatic carbocycles.